The highest BCUT2D eigenvalue weighted by Gasteiger charge is 2.16. The fourth-order valence-corrected chi connectivity index (χ4v) is 3.02. The average molecular weight is 322 g/mol. The minimum Gasteiger partial charge on any atom is -0.497 e. The van der Waals surface area contributed by atoms with Crippen LogP contribution in [-0.4, -0.2) is 26.6 Å². The highest BCUT2D eigenvalue weighted by Crippen LogP contribution is 2.29. The van der Waals surface area contributed by atoms with Gasteiger partial charge in [0.15, 0.2) is 0 Å². The molecule has 0 spiro atoms. The fraction of sp³-hybridized carbons (Fsp3) is 0.222. The Morgan fingerprint density at radius 1 is 1.08 bits per heavy atom. The van der Waals surface area contributed by atoms with Crippen LogP contribution in [0.3, 0.4) is 0 Å². The zero-order valence-electron chi connectivity index (χ0n) is 13.8. The molecule has 0 atom stereocenters. The predicted molar refractivity (Wildman–Crippen MR) is 94.2 cm³/mol. The molecular weight excluding hydrogens is 304 g/mol. The van der Waals surface area contributed by atoms with Crippen molar-refractivity contribution >= 4 is 22.1 Å². The minimum atomic E-state index is -0.202. The predicted octanol–water partition coefficient (Wildman–Crippen LogP) is 3.33. The summed E-state index contributed by atoms with van der Waals surface area (Å²) in [7, 11) is 1.65. The molecular formula is C18H18N4O2. The van der Waals surface area contributed by atoms with E-state index in [-0.39, 0.29) is 11.6 Å². The van der Waals surface area contributed by atoms with Gasteiger partial charge in [0.25, 0.3) is 0 Å². The second-order valence-electron chi connectivity index (χ2n) is 6.12. The van der Waals surface area contributed by atoms with E-state index in [1.807, 2.05) is 36.4 Å². The Bertz CT molecular complexity index is 1100. The van der Waals surface area contributed by atoms with Gasteiger partial charge in [-0.25, -0.2) is 9.78 Å². The summed E-state index contributed by atoms with van der Waals surface area (Å²) < 4.78 is 7.43. The molecule has 4 aromatic rings. The summed E-state index contributed by atoms with van der Waals surface area (Å²) in [6.45, 7) is 4.23. The topological polar surface area (TPSA) is 75.7 Å². The van der Waals surface area contributed by atoms with Gasteiger partial charge in [0.2, 0.25) is 0 Å². The van der Waals surface area contributed by atoms with Gasteiger partial charge in [-0.3, -0.25) is 4.57 Å². The summed E-state index contributed by atoms with van der Waals surface area (Å²) in [5.41, 5.74) is 4.24. The third kappa shape index (κ3) is 2.19. The lowest BCUT2D eigenvalue weighted by molar-refractivity contribution is 0.415. The molecule has 0 saturated carbocycles. The van der Waals surface area contributed by atoms with Crippen molar-refractivity contribution in [2.45, 2.75) is 19.8 Å². The number of fused-ring (bicyclic) bond motifs is 2. The fourth-order valence-electron chi connectivity index (χ4n) is 3.02. The highest BCUT2D eigenvalue weighted by molar-refractivity contribution is 5.82. The van der Waals surface area contributed by atoms with Crippen LogP contribution in [0, 0.1) is 0 Å². The zero-order chi connectivity index (χ0) is 16.8. The number of benzene rings is 2. The number of aromatic amines is 2. The van der Waals surface area contributed by atoms with Gasteiger partial charge in [-0.15, -0.1) is 0 Å². The van der Waals surface area contributed by atoms with Crippen LogP contribution in [0.4, 0.5) is 0 Å². The normalized spacial score (nSPS) is 11.7. The summed E-state index contributed by atoms with van der Waals surface area (Å²) in [6, 6.07) is 11.7. The van der Waals surface area contributed by atoms with Crippen molar-refractivity contribution < 1.29 is 4.74 Å². The number of nitrogens with zero attached hydrogens (tertiary/aromatic N) is 2. The lowest BCUT2D eigenvalue weighted by Crippen LogP contribution is -2.03. The summed E-state index contributed by atoms with van der Waals surface area (Å²) in [4.78, 5) is 21.9. The van der Waals surface area contributed by atoms with Crippen molar-refractivity contribution in [1.82, 2.24) is 19.5 Å². The molecule has 0 radical (unpaired) electrons. The number of ether oxygens (including phenoxy) is 1. The van der Waals surface area contributed by atoms with E-state index in [0.29, 0.717) is 0 Å². The molecule has 122 valence electrons. The van der Waals surface area contributed by atoms with Crippen molar-refractivity contribution in [2.75, 3.05) is 7.11 Å². The van der Waals surface area contributed by atoms with Gasteiger partial charge >= 0.3 is 5.69 Å². The molecule has 2 aromatic heterocycles. The first kappa shape index (κ1) is 14.6. The van der Waals surface area contributed by atoms with Gasteiger partial charge in [0.1, 0.15) is 11.6 Å². The number of rotatable bonds is 3. The minimum absolute atomic E-state index is 0.202. The van der Waals surface area contributed by atoms with Gasteiger partial charge in [-0.05, 0) is 30.3 Å². The first-order valence-electron chi connectivity index (χ1n) is 7.85. The molecule has 0 aliphatic heterocycles. The van der Waals surface area contributed by atoms with E-state index in [9.17, 15) is 4.79 Å². The van der Waals surface area contributed by atoms with Crippen molar-refractivity contribution in [3.8, 4) is 11.4 Å². The average Bonchev–Trinajstić information content (AvgIpc) is 3.12. The Kier molecular flexibility index (Phi) is 3.19. The van der Waals surface area contributed by atoms with Crippen LogP contribution < -0.4 is 10.4 Å². The van der Waals surface area contributed by atoms with Gasteiger partial charge in [-0.2, -0.15) is 0 Å². The van der Waals surface area contributed by atoms with Crippen molar-refractivity contribution in [3.63, 3.8) is 0 Å². The molecule has 0 aliphatic carbocycles. The van der Waals surface area contributed by atoms with E-state index in [1.165, 1.54) is 0 Å². The second kappa shape index (κ2) is 5.26. The lowest BCUT2D eigenvalue weighted by Gasteiger charge is -2.11. The molecule has 24 heavy (non-hydrogen) atoms. The number of hydrogen-bond acceptors (Lipinski definition) is 3. The SMILES string of the molecule is COc1ccc2c(c1)nc(C(C)C)n2-c1ccc2[nH]c(=O)[nH]c2c1. The van der Waals surface area contributed by atoms with Gasteiger partial charge in [-0.1, -0.05) is 13.8 Å². The molecule has 0 unspecified atom stereocenters. The van der Waals surface area contributed by atoms with Gasteiger partial charge in [0, 0.05) is 17.7 Å². The maximum Gasteiger partial charge on any atom is 0.323 e. The summed E-state index contributed by atoms with van der Waals surface area (Å²) in [6.07, 6.45) is 0. The smallest absolute Gasteiger partial charge is 0.323 e. The van der Waals surface area contributed by atoms with Crippen LogP contribution >= 0.6 is 0 Å². The molecule has 0 amide bonds. The highest BCUT2D eigenvalue weighted by atomic mass is 16.5. The maximum absolute atomic E-state index is 11.5. The standard InChI is InChI=1S/C18H18N4O2/c1-10(2)17-19-15-9-12(24-3)5-7-16(15)22(17)11-4-6-13-14(8-11)21-18(23)20-13/h4-10H,1-3H3,(H2,20,21,23). The Labute approximate surface area is 138 Å². The van der Waals surface area contributed by atoms with Crippen LogP contribution in [0.15, 0.2) is 41.2 Å². The molecule has 0 aliphatic rings. The second-order valence-corrected chi connectivity index (χ2v) is 6.12. The molecule has 0 fully saturated rings. The Morgan fingerprint density at radius 2 is 1.88 bits per heavy atom. The zero-order valence-corrected chi connectivity index (χ0v) is 13.8. The Balaban J connectivity index is 2.01. The number of nitrogens with one attached hydrogen (secondary N) is 2. The van der Waals surface area contributed by atoms with Crippen LogP contribution in [0.1, 0.15) is 25.6 Å². The van der Waals surface area contributed by atoms with Crippen LogP contribution in [0.2, 0.25) is 0 Å². The van der Waals surface area contributed by atoms with Crippen LogP contribution in [-0.2, 0) is 0 Å². The molecule has 2 aromatic carbocycles. The molecule has 6 heteroatoms. The third-order valence-corrected chi connectivity index (χ3v) is 4.16. The summed E-state index contributed by atoms with van der Waals surface area (Å²) >= 11 is 0. The third-order valence-electron chi connectivity index (χ3n) is 4.16. The lowest BCUT2D eigenvalue weighted by atomic mass is 10.2. The molecule has 4 rings (SSSR count). The van der Waals surface area contributed by atoms with Gasteiger partial charge in [0.05, 0.1) is 29.2 Å². The largest absolute Gasteiger partial charge is 0.497 e. The molecule has 6 nitrogen and oxygen atoms in total. The van der Waals surface area contributed by atoms with Crippen molar-refractivity contribution in [2.24, 2.45) is 0 Å². The van der Waals surface area contributed by atoms with Crippen molar-refractivity contribution in [1.29, 1.82) is 0 Å². The number of methoxy groups -OCH3 is 1. The first-order valence-corrected chi connectivity index (χ1v) is 7.85. The monoisotopic (exact) mass is 322 g/mol. The van der Waals surface area contributed by atoms with E-state index in [2.05, 4.69) is 28.4 Å². The number of aromatic nitrogens is 4. The van der Waals surface area contributed by atoms with Crippen LogP contribution in [0.5, 0.6) is 5.75 Å². The van der Waals surface area contributed by atoms with E-state index in [1.54, 1.807) is 7.11 Å². The van der Waals surface area contributed by atoms with Gasteiger partial charge < -0.3 is 14.7 Å². The molecule has 0 bridgehead atoms. The van der Waals surface area contributed by atoms with E-state index in [0.717, 1.165) is 39.3 Å². The van der Waals surface area contributed by atoms with E-state index >= 15 is 0 Å². The maximum atomic E-state index is 11.5. The Morgan fingerprint density at radius 3 is 2.62 bits per heavy atom. The number of H-pyrrole nitrogens is 2. The quantitative estimate of drug-likeness (QED) is 0.607. The molecule has 2 heterocycles. The van der Waals surface area contributed by atoms with E-state index in [4.69, 9.17) is 9.72 Å². The molecule has 2 N–H and O–H groups in total. The Hall–Kier alpha value is -3.02. The van der Waals surface area contributed by atoms with Crippen molar-refractivity contribution in [3.05, 3.63) is 52.7 Å². The summed E-state index contributed by atoms with van der Waals surface area (Å²) in [5.74, 6) is 2.01. The van der Waals surface area contributed by atoms with E-state index < -0.39 is 0 Å². The number of imidazole rings is 2. The van der Waals surface area contributed by atoms with Crippen LogP contribution in [0.25, 0.3) is 27.8 Å². The molecule has 0 saturated heterocycles. The first-order chi connectivity index (χ1) is 11.6. The number of hydrogen-bond donors (Lipinski definition) is 2. The summed E-state index contributed by atoms with van der Waals surface area (Å²) in [5, 5.41) is 0.